The summed E-state index contributed by atoms with van der Waals surface area (Å²) >= 11 is 0. The van der Waals surface area contributed by atoms with Gasteiger partial charge in [0, 0.05) is 30.9 Å². The molecule has 4 aromatic rings. The quantitative estimate of drug-likeness (QED) is 0.341. The molecule has 0 fully saturated rings. The average molecular weight is 483 g/mol. The number of rotatable bonds is 7. The van der Waals surface area contributed by atoms with Crippen LogP contribution in [0, 0.1) is 0 Å². The van der Waals surface area contributed by atoms with Crippen molar-refractivity contribution in [3.8, 4) is 5.75 Å². The van der Waals surface area contributed by atoms with Crippen LogP contribution in [0.15, 0.2) is 94.6 Å². The van der Waals surface area contributed by atoms with E-state index in [4.69, 9.17) is 9.15 Å². The topological polar surface area (TPSA) is 83.2 Å². The van der Waals surface area contributed by atoms with Crippen LogP contribution in [0.3, 0.4) is 0 Å². The number of para-hydroxylation sites is 1. The Hall–Kier alpha value is -4.52. The first kappa shape index (κ1) is 23.2. The highest BCUT2D eigenvalue weighted by molar-refractivity contribution is 6.20. The van der Waals surface area contributed by atoms with E-state index in [1.165, 1.54) is 4.90 Å². The van der Waals surface area contributed by atoms with E-state index in [-0.39, 0.29) is 11.3 Å². The van der Waals surface area contributed by atoms with Crippen LogP contribution in [0.25, 0.3) is 11.0 Å². The second-order valence-corrected chi connectivity index (χ2v) is 8.73. The molecule has 1 aliphatic heterocycles. The zero-order valence-corrected chi connectivity index (χ0v) is 20.3. The highest BCUT2D eigenvalue weighted by Gasteiger charge is 2.45. The molecule has 5 rings (SSSR count). The molecule has 1 atom stereocenters. The summed E-state index contributed by atoms with van der Waals surface area (Å²) in [4.78, 5) is 30.5. The number of hydrogen-bond acceptors (Lipinski definition) is 6. The zero-order chi connectivity index (χ0) is 25.4. The Morgan fingerprint density at radius 3 is 2.36 bits per heavy atom. The lowest BCUT2D eigenvalue weighted by molar-refractivity contribution is -0.117. The lowest BCUT2D eigenvalue weighted by atomic mass is 9.94. The van der Waals surface area contributed by atoms with Gasteiger partial charge in [0.05, 0.1) is 18.2 Å². The van der Waals surface area contributed by atoms with Crippen LogP contribution in [0.2, 0.25) is 0 Å². The number of anilines is 2. The number of ether oxygens (including phenoxy) is 1. The Bertz CT molecular complexity index is 1430. The van der Waals surface area contributed by atoms with Crippen molar-refractivity contribution in [2.24, 2.45) is 0 Å². The molecular formula is C29H26N2O5. The number of aliphatic hydroxyl groups excluding tert-OH is 1. The van der Waals surface area contributed by atoms with Gasteiger partial charge in [0.1, 0.15) is 11.3 Å². The molecular weight excluding hydrogens is 456 g/mol. The number of ketones is 1. The smallest absolute Gasteiger partial charge is 0.294 e. The standard InChI is InChI=1S/C29H26N2O5/c1-4-35-22-15-9-18(10-16-22)26-25(27(32)24-17-19-7-5-6-8-23(19)36-24)28(33)29(34)31(26)21-13-11-20(12-14-21)30(2)3/h5-17,26,33H,4H2,1-3H3. The minimum Gasteiger partial charge on any atom is -0.503 e. The van der Waals surface area contributed by atoms with Gasteiger partial charge in [-0.25, -0.2) is 0 Å². The van der Waals surface area contributed by atoms with Crippen LogP contribution in [-0.2, 0) is 4.79 Å². The van der Waals surface area contributed by atoms with Crippen molar-refractivity contribution in [2.45, 2.75) is 13.0 Å². The van der Waals surface area contributed by atoms with Crippen molar-refractivity contribution in [2.75, 3.05) is 30.5 Å². The number of carbonyl (C=O) groups excluding carboxylic acids is 2. The first-order valence-electron chi connectivity index (χ1n) is 11.7. The summed E-state index contributed by atoms with van der Waals surface area (Å²) in [6.45, 7) is 2.41. The lowest BCUT2D eigenvalue weighted by Gasteiger charge is -2.27. The number of amides is 1. The third-order valence-electron chi connectivity index (χ3n) is 6.25. The van der Waals surface area contributed by atoms with Gasteiger partial charge in [-0.15, -0.1) is 0 Å². The fourth-order valence-corrected chi connectivity index (χ4v) is 4.47. The Balaban J connectivity index is 1.61. The molecule has 7 nitrogen and oxygen atoms in total. The molecule has 1 aromatic heterocycles. The number of nitrogens with zero attached hydrogens (tertiary/aromatic N) is 2. The molecule has 1 amide bonds. The number of hydrogen-bond donors (Lipinski definition) is 1. The molecule has 0 bridgehead atoms. The van der Waals surface area contributed by atoms with Gasteiger partial charge in [-0.1, -0.05) is 30.3 Å². The van der Waals surface area contributed by atoms with Crippen LogP contribution < -0.4 is 14.5 Å². The lowest BCUT2D eigenvalue weighted by Crippen LogP contribution is -2.31. The maximum Gasteiger partial charge on any atom is 0.294 e. The van der Waals surface area contributed by atoms with Gasteiger partial charge in [-0.3, -0.25) is 14.5 Å². The molecule has 1 aliphatic rings. The number of furan rings is 1. The van der Waals surface area contributed by atoms with Crippen LogP contribution in [-0.4, -0.2) is 37.5 Å². The number of Topliss-reactive ketones (excluding diaryl/α,β-unsaturated/α-hetero) is 1. The number of carbonyl (C=O) groups is 2. The van der Waals surface area contributed by atoms with Gasteiger partial charge >= 0.3 is 0 Å². The Kier molecular flexibility index (Phi) is 5.98. The normalized spacial score (nSPS) is 15.6. The summed E-state index contributed by atoms with van der Waals surface area (Å²) < 4.78 is 11.4. The highest BCUT2D eigenvalue weighted by atomic mass is 16.5. The van der Waals surface area contributed by atoms with Gasteiger partial charge in [0.2, 0.25) is 5.78 Å². The van der Waals surface area contributed by atoms with Gasteiger partial charge in [0.25, 0.3) is 5.91 Å². The molecule has 7 heteroatoms. The van der Waals surface area contributed by atoms with Gasteiger partial charge < -0.3 is 19.2 Å². The SMILES string of the molecule is CCOc1ccc(C2C(C(=O)c3cc4ccccc4o3)=C(O)C(=O)N2c2ccc(N(C)C)cc2)cc1. The van der Waals surface area contributed by atoms with E-state index in [1.807, 2.05) is 56.3 Å². The number of aliphatic hydroxyl groups is 1. The van der Waals surface area contributed by atoms with Crippen molar-refractivity contribution in [3.05, 3.63) is 102 Å². The summed E-state index contributed by atoms with van der Waals surface area (Å²) in [6.07, 6.45) is 0. The monoisotopic (exact) mass is 482 g/mol. The maximum absolute atomic E-state index is 13.7. The molecule has 2 heterocycles. The van der Waals surface area contributed by atoms with E-state index in [0.717, 1.165) is 11.1 Å². The molecule has 182 valence electrons. The molecule has 0 spiro atoms. The van der Waals surface area contributed by atoms with Crippen molar-refractivity contribution in [1.82, 2.24) is 0 Å². The van der Waals surface area contributed by atoms with Gasteiger partial charge in [-0.05, 0) is 61.0 Å². The Morgan fingerprint density at radius 2 is 1.72 bits per heavy atom. The van der Waals surface area contributed by atoms with Crippen molar-refractivity contribution in [1.29, 1.82) is 0 Å². The second-order valence-electron chi connectivity index (χ2n) is 8.73. The minimum absolute atomic E-state index is 0.0279. The zero-order valence-electron chi connectivity index (χ0n) is 20.3. The summed E-state index contributed by atoms with van der Waals surface area (Å²) in [7, 11) is 3.85. The van der Waals surface area contributed by atoms with Crippen molar-refractivity contribution < 1.29 is 23.8 Å². The minimum atomic E-state index is -0.848. The molecule has 1 N–H and O–H groups in total. The molecule has 1 unspecified atom stereocenters. The molecule has 0 saturated carbocycles. The molecule has 36 heavy (non-hydrogen) atoms. The van der Waals surface area contributed by atoms with Crippen LogP contribution in [0.5, 0.6) is 5.75 Å². The molecule has 0 aliphatic carbocycles. The molecule has 0 saturated heterocycles. The van der Waals surface area contributed by atoms with E-state index >= 15 is 0 Å². The van der Waals surface area contributed by atoms with Crippen LogP contribution >= 0.6 is 0 Å². The fraction of sp³-hybridized carbons (Fsp3) is 0.172. The molecule has 3 aromatic carbocycles. The van der Waals surface area contributed by atoms with Crippen LogP contribution in [0.1, 0.15) is 29.1 Å². The first-order chi connectivity index (χ1) is 17.4. The average Bonchev–Trinajstić information content (AvgIpc) is 3.43. The third-order valence-corrected chi connectivity index (χ3v) is 6.25. The maximum atomic E-state index is 13.7. The summed E-state index contributed by atoms with van der Waals surface area (Å²) in [5.74, 6) is -1.04. The van der Waals surface area contributed by atoms with Crippen LogP contribution in [0.4, 0.5) is 11.4 Å². The predicted octanol–water partition coefficient (Wildman–Crippen LogP) is 5.68. The summed E-state index contributed by atoms with van der Waals surface area (Å²) in [5, 5.41) is 11.8. The van der Waals surface area contributed by atoms with Gasteiger partial charge in [0.15, 0.2) is 11.5 Å². The fourth-order valence-electron chi connectivity index (χ4n) is 4.47. The Morgan fingerprint density at radius 1 is 1.03 bits per heavy atom. The van der Waals surface area contributed by atoms with Crippen molar-refractivity contribution in [3.63, 3.8) is 0 Å². The van der Waals surface area contributed by atoms with E-state index < -0.39 is 23.5 Å². The van der Waals surface area contributed by atoms with Crippen molar-refractivity contribution >= 4 is 34.0 Å². The van der Waals surface area contributed by atoms with E-state index in [9.17, 15) is 14.7 Å². The molecule has 0 radical (unpaired) electrons. The Labute approximate surface area is 208 Å². The highest BCUT2D eigenvalue weighted by Crippen LogP contribution is 2.43. The largest absolute Gasteiger partial charge is 0.503 e. The second kappa shape index (κ2) is 9.26. The summed E-state index contributed by atoms with van der Waals surface area (Å²) in [6, 6.07) is 22.6. The summed E-state index contributed by atoms with van der Waals surface area (Å²) in [5.41, 5.74) is 2.70. The predicted molar refractivity (Wildman–Crippen MR) is 139 cm³/mol. The van der Waals surface area contributed by atoms with Gasteiger partial charge in [-0.2, -0.15) is 0 Å². The van der Waals surface area contributed by atoms with E-state index in [0.29, 0.717) is 29.2 Å². The van der Waals surface area contributed by atoms with E-state index in [1.54, 1.807) is 48.5 Å². The van der Waals surface area contributed by atoms with E-state index in [2.05, 4.69) is 0 Å². The number of benzene rings is 3. The first-order valence-corrected chi connectivity index (χ1v) is 11.7. The number of fused-ring (bicyclic) bond motifs is 1. The third kappa shape index (κ3) is 3.98.